The molecule has 0 unspecified atom stereocenters. The van der Waals surface area contributed by atoms with E-state index in [1.807, 2.05) is 6.07 Å². The van der Waals surface area contributed by atoms with E-state index >= 15 is 0 Å². The molecule has 2 aromatic rings. The van der Waals surface area contributed by atoms with Crippen molar-refractivity contribution in [2.24, 2.45) is 0 Å². The van der Waals surface area contributed by atoms with Gasteiger partial charge >= 0.3 is 6.09 Å². The first-order valence-corrected chi connectivity index (χ1v) is 7.31. The highest BCUT2D eigenvalue weighted by Gasteiger charge is 2.17. The van der Waals surface area contributed by atoms with Gasteiger partial charge in [0.1, 0.15) is 17.2 Å². The molecule has 0 radical (unpaired) electrons. The summed E-state index contributed by atoms with van der Waals surface area (Å²) in [4.78, 5) is 11.8. The minimum absolute atomic E-state index is 0.264. The van der Waals surface area contributed by atoms with Crippen LogP contribution in [-0.2, 0) is 17.8 Å². The number of carbonyl (C=O) groups excluding carboxylic acids is 1. The Morgan fingerprint density at radius 2 is 2.13 bits per heavy atom. The summed E-state index contributed by atoms with van der Waals surface area (Å²) >= 11 is 0. The maximum Gasteiger partial charge on any atom is 0.413 e. The molecule has 1 aromatic heterocycles. The first kappa shape index (κ1) is 17.0. The lowest BCUT2D eigenvalue weighted by molar-refractivity contribution is 0.0635. The van der Waals surface area contributed by atoms with Crippen LogP contribution in [-0.4, -0.2) is 21.9 Å². The number of hydrogen-bond acceptors (Lipinski definition) is 4. The van der Waals surface area contributed by atoms with Crippen LogP contribution in [0.5, 0.6) is 0 Å². The van der Waals surface area contributed by atoms with E-state index in [0.29, 0.717) is 18.9 Å². The zero-order valence-corrected chi connectivity index (χ0v) is 13.4. The summed E-state index contributed by atoms with van der Waals surface area (Å²) in [7, 11) is 0. The maximum absolute atomic E-state index is 13.1. The summed E-state index contributed by atoms with van der Waals surface area (Å²) < 4.78 is 18.3. The number of benzene rings is 1. The average Bonchev–Trinajstić information content (AvgIpc) is 2.84. The number of aromatic nitrogens is 2. The van der Waals surface area contributed by atoms with Gasteiger partial charge in [0, 0.05) is 18.7 Å². The van der Waals surface area contributed by atoms with E-state index in [9.17, 15) is 9.18 Å². The fourth-order valence-corrected chi connectivity index (χ4v) is 1.95. The second-order valence-electron chi connectivity index (χ2n) is 6.13. The molecule has 2 rings (SSSR count). The number of nitrogens with zero attached hydrogens (tertiary/aromatic N) is 1. The molecule has 0 bridgehead atoms. The van der Waals surface area contributed by atoms with Crippen molar-refractivity contribution in [1.29, 1.82) is 0 Å². The van der Waals surface area contributed by atoms with Crippen LogP contribution in [0.3, 0.4) is 0 Å². The second-order valence-corrected chi connectivity index (χ2v) is 6.13. The molecule has 23 heavy (non-hydrogen) atoms. The van der Waals surface area contributed by atoms with Gasteiger partial charge in [-0.05, 0) is 38.5 Å². The molecule has 1 amide bonds. The number of aromatic amines is 1. The lowest BCUT2D eigenvalue weighted by Gasteiger charge is -2.19. The van der Waals surface area contributed by atoms with Crippen molar-refractivity contribution >= 4 is 11.9 Å². The molecule has 6 nitrogen and oxygen atoms in total. The molecule has 1 aromatic carbocycles. The Morgan fingerprint density at radius 3 is 2.83 bits per heavy atom. The summed E-state index contributed by atoms with van der Waals surface area (Å²) in [6.45, 7) is 6.36. The number of H-pyrrole nitrogens is 1. The van der Waals surface area contributed by atoms with E-state index in [2.05, 4.69) is 20.8 Å². The fourth-order valence-electron chi connectivity index (χ4n) is 1.95. The van der Waals surface area contributed by atoms with Crippen LogP contribution in [0.4, 0.5) is 15.0 Å². The quantitative estimate of drug-likeness (QED) is 0.790. The van der Waals surface area contributed by atoms with Crippen LogP contribution < -0.4 is 10.6 Å². The monoisotopic (exact) mass is 320 g/mol. The Labute approximate surface area is 134 Å². The lowest BCUT2D eigenvalue weighted by atomic mass is 10.2. The Kier molecular flexibility index (Phi) is 5.33. The van der Waals surface area contributed by atoms with Gasteiger partial charge < -0.3 is 10.1 Å². The molecule has 0 aliphatic heterocycles. The van der Waals surface area contributed by atoms with Gasteiger partial charge in [0.05, 0.1) is 6.20 Å². The number of halogens is 1. The third kappa shape index (κ3) is 5.71. The van der Waals surface area contributed by atoms with Crippen LogP contribution >= 0.6 is 0 Å². The van der Waals surface area contributed by atoms with E-state index in [1.54, 1.807) is 33.0 Å². The zero-order valence-electron chi connectivity index (χ0n) is 13.4. The van der Waals surface area contributed by atoms with Crippen molar-refractivity contribution in [3.05, 3.63) is 47.4 Å². The van der Waals surface area contributed by atoms with E-state index < -0.39 is 11.7 Å². The molecule has 0 atom stereocenters. The predicted octanol–water partition coefficient (Wildman–Crippen LogP) is 3.19. The molecule has 0 fully saturated rings. The van der Waals surface area contributed by atoms with E-state index in [4.69, 9.17) is 4.74 Å². The highest BCUT2D eigenvalue weighted by Crippen LogP contribution is 2.14. The van der Waals surface area contributed by atoms with Gasteiger partial charge in [-0.15, -0.1) is 0 Å². The number of nitrogens with one attached hydrogen (secondary N) is 3. The Morgan fingerprint density at radius 1 is 1.35 bits per heavy atom. The van der Waals surface area contributed by atoms with Crippen LogP contribution in [0.15, 0.2) is 30.5 Å². The van der Waals surface area contributed by atoms with Crippen molar-refractivity contribution < 1.29 is 13.9 Å². The molecule has 0 spiro atoms. The van der Waals surface area contributed by atoms with Gasteiger partial charge in [-0.1, -0.05) is 12.1 Å². The van der Waals surface area contributed by atoms with Crippen molar-refractivity contribution in [2.75, 3.05) is 5.32 Å². The minimum atomic E-state index is -0.570. The normalized spacial score (nSPS) is 11.3. The number of amides is 1. The van der Waals surface area contributed by atoms with Crippen molar-refractivity contribution in [3.8, 4) is 0 Å². The standard InChI is InChI=1S/C16H21FN4O2/c1-16(2,3)23-15(22)20-14-12(10-19-21-14)9-18-8-11-5-4-6-13(17)7-11/h4-7,10,18H,8-9H2,1-3H3,(H2,19,20,21,22). The first-order chi connectivity index (χ1) is 10.8. The van der Waals surface area contributed by atoms with Gasteiger partial charge in [-0.3, -0.25) is 10.4 Å². The summed E-state index contributed by atoms with van der Waals surface area (Å²) in [6, 6.07) is 6.38. The summed E-state index contributed by atoms with van der Waals surface area (Å²) in [6.07, 6.45) is 1.07. The van der Waals surface area contributed by atoms with E-state index in [-0.39, 0.29) is 5.82 Å². The van der Waals surface area contributed by atoms with Gasteiger partial charge in [-0.25, -0.2) is 9.18 Å². The smallest absolute Gasteiger partial charge is 0.413 e. The van der Waals surface area contributed by atoms with Crippen LogP contribution in [0.25, 0.3) is 0 Å². The molecule has 124 valence electrons. The number of ether oxygens (including phenoxy) is 1. The average molecular weight is 320 g/mol. The molecule has 3 N–H and O–H groups in total. The summed E-state index contributed by atoms with van der Waals surface area (Å²) in [5, 5.41) is 12.4. The largest absolute Gasteiger partial charge is 0.444 e. The number of anilines is 1. The maximum atomic E-state index is 13.1. The van der Waals surface area contributed by atoms with Crippen molar-refractivity contribution in [3.63, 3.8) is 0 Å². The molecular weight excluding hydrogens is 299 g/mol. The first-order valence-electron chi connectivity index (χ1n) is 7.31. The molecule has 7 heteroatoms. The molecule has 0 saturated heterocycles. The van der Waals surface area contributed by atoms with Crippen LogP contribution in [0.2, 0.25) is 0 Å². The lowest BCUT2D eigenvalue weighted by Crippen LogP contribution is -2.27. The van der Waals surface area contributed by atoms with Crippen LogP contribution in [0, 0.1) is 5.82 Å². The van der Waals surface area contributed by atoms with E-state index in [0.717, 1.165) is 11.1 Å². The van der Waals surface area contributed by atoms with Gasteiger partial charge in [0.2, 0.25) is 0 Å². The number of rotatable bonds is 5. The highest BCUT2D eigenvalue weighted by molar-refractivity contribution is 5.84. The van der Waals surface area contributed by atoms with Crippen molar-refractivity contribution in [1.82, 2.24) is 15.5 Å². The Balaban J connectivity index is 1.87. The number of carbonyl (C=O) groups is 1. The molecule has 0 aliphatic rings. The fraction of sp³-hybridized carbons (Fsp3) is 0.375. The molecule has 1 heterocycles. The summed E-state index contributed by atoms with van der Waals surface area (Å²) in [5.74, 6) is 0.214. The summed E-state index contributed by atoms with van der Waals surface area (Å²) in [5.41, 5.74) is 1.06. The third-order valence-electron chi connectivity index (χ3n) is 2.88. The SMILES string of the molecule is CC(C)(C)OC(=O)Nc1[nH]ncc1CNCc1cccc(F)c1. The van der Waals surface area contributed by atoms with E-state index in [1.165, 1.54) is 12.1 Å². The van der Waals surface area contributed by atoms with Crippen molar-refractivity contribution in [2.45, 2.75) is 39.5 Å². The van der Waals surface area contributed by atoms with Crippen LogP contribution in [0.1, 0.15) is 31.9 Å². The third-order valence-corrected chi connectivity index (χ3v) is 2.88. The Bertz CT molecular complexity index is 664. The van der Waals surface area contributed by atoms with Gasteiger partial charge in [0.25, 0.3) is 0 Å². The predicted molar refractivity (Wildman–Crippen MR) is 85.4 cm³/mol. The topological polar surface area (TPSA) is 79.0 Å². The Hall–Kier alpha value is -2.41. The second kappa shape index (κ2) is 7.23. The minimum Gasteiger partial charge on any atom is -0.444 e. The molecular formula is C16H21FN4O2. The zero-order chi connectivity index (χ0) is 16.9. The van der Waals surface area contributed by atoms with Gasteiger partial charge in [0.15, 0.2) is 0 Å². The molecule has 0 saturated carbocycles. The molecule has 0 aliphatic carbocycles. The highest BCUT2D eigenvalue weighted by atomic mass is 19.1. The van der Waals surface area contributed by atoms with Gasteiger partial charge in [-0.2, -0.15) is 5.10 Å². The number of hydrogen-bond donors (Lipinski definition) is 3.